The number of carbonyl (C=O) groups is 2. The van der Waals surface area contributed by atoms with Crippen LogP contribution in [0.1, 0.15) is 84.9 Å². The molecule has 2 aliphatic carbocycles. The zero-order valence-electron chi connectivity index (χ0n) is 41.5. The fraction of sp³-hybridized carbons (Fsp3) is 0.462. The molecule has 2 amide bonds. The Morgan fingerprint density at radius 1 is 0.680 bits per heavy atom. The van der Waals surface area contributed by atoms with Gasteiger partial charge in [-0.1, -0.05) is 12.8 Å². The van der Waals surface area contributed by atoms with Gasteiger partial charge in [0.2, 0.25) is 13.9 Å². The highest BCUT2D eigenvalue weighted by molar-refractivity contribution is 6.01. The van der Waals surface area contributed by atoms with Gasteiger partial charge in [-0.3, -0.25) is 23.3 Å². The smallest absolute Gasteiger partial charge is 0.401 e. The number of fused-ring (bicyclic) bond motifs is 2. The van der Waals surface area contributed by atoms with E-state index in [4.69, 9.17) is 18.9 Å². The number of likely N-dealkylation sites (tertiary alicyclic amines) is 1. The third-order valence-electron chi connectivity index (χ3n) is 12.9. The summed E-state index contributed by atoms with van der Waals surface area (Å²) in [6, 6.07) is 14.2. The molecule has 2 saturated heterocycles. The van der Waals surface area contributed by atoms with Crippen LogP contribution in [0.25, 0.3) is 33.8 Å². The second-order valence-corrected chi connectivity index (χ2v) is 18.3. The first kappa shape index (κ1) is 55.7. The highest BCUT2D eigenvalue weighted by atomic mass is 19.4. The predicted molar refractivity (Wildman–Crippen MR) is 265 cm³/mol. The van der Waals surface area contributed by atoms with Gasteiger partial charge in [0.15, 0.2) is 0 Å². The molecule has 406 valence electrons. The van der Waals surface area contributed by atoms with Gasteiger partial charge < -0.3 is 45.1 Å². The van der Waals surface area contributed by atoms with E-state index in [2.05, 4.69) is 25.9 Å². The Bertz CT molecular complexity index is 2850. The van der Waals surface area contributed by atoms with E-state index in [9.17, 15) is 50.5 Å². The number of aromatic nitrogens is 4. The lowest BCUT2D eigenvalue weighted by molar-refractivity contribution is -0.154. The highest BCUT2D eigenvalue weighted by Crippen LogP contribution is 2.38. The fourth-order valence-corrected chi connectivity index (χ4v) is 8.92. The van der Waals surface area contributed by atoms with Gasteiger partial charge in [-0.15, -0.1) is 0 Å². The number of nitrogens with one attached hydrogen (secondary N) is 3. The Hall–Kier alpha value is -7.01. The first-order valence-electron chi connectivity index (χ1n) is 24.6. The molecular formula is C52H61F7N8O8. The van der Waals surface area contributed by atoms with Gasteiger partial charge in [-0.05, 0) is 101 Å². The molecule has 5 N–H and O–H groups in total. The quantitative estimate of drug-likeness (QED) is 0.0615. The number of methoxy groups -OCH3 is 2. The molecule has 0 spiro atoms. The van der Waals surface area contributed by atoms with Gasteiger partial charge in [0.1, 0.15) is 70.1 Å². The van der Waals surface area contributed by atoms with Gasteiger partial charge >= 0.3 is 6.18 Å². The summed E-state index contributed by atoms with van der Waals surface area (Å²) >= 11 is 0. The van der Waals surface area contributed by atoms with Gasteiger partial charge in [0, 0.05) is 59.8 Å². The van der Waals surface area contributed by atoms with Crippen LogP contribution in [0.5, 0.6) is 34.5 Å². The second-order valence-electron chi connectivity index (χ2n) is 18.3. The molecule has 2 atom stereocenters. The summed E-state index contributed by atoms with van der Waals surface area (Å²) < 4.78 is 104. The van der Waals surface area contributed by atoms with Crippen LogP contribution in [0.3, 0.4) is 0 Å². The van der Waals surface area contributed by atoms with Crippen molar-refractivity contribution in [3.05, 3.63) is 84.4 Å². The molecule has 4 aliphatic rings. The monoisotopic (exact) mass is 1060 g/mol. The lowest BCUT2D eigenvalue weighted by Gasteiger charge is -2.35. The maximum Gasteiger partial charge on any atom is 0.401 e. The van der Waals surface area contributed by atoms with Crippen LogP contribution in [0.4, 0.5) is 30.7 Å². The number of carbonyl (C=O) groups excluding carboxylic acids is 2. The summed E-state index contributed by atoms with van der Waals surface area (Å²) in [6.07, 6.45) is 12.4. The number of hydrogen-bond acceptors (Lipinski definition) is 12. The van der Waals surface area contributed by atoms with Crippen molar-refractivity contribution in [1.29, 1.82) is 0 Å². The Labute approximate surface area is 428 Å². The fourth-order valence-electron chi connectivity index (χ4n) is 8.92. The minimum Gasteiger partial charge on any atom is -0.507 e. The topological polar surface area (TPSA) is 185 Å². The molecule has 6 aromatic rings. The maximum absolute atomic E-state index is 12.9. The van der Waals surface area contributed by atoms with E-state index in [-0.39, 0.29) is 64.9 Å². The summed E-state index contributed by atoms with van der Waals surface area (Å²) in [4.78, 5) is 35.5. The molecule has 75 heavy (non-hydrogen) atoms. The van der Waals surface area contributed by atoms with E-state index in [0.29, 0.717) is 59.6 Å². The van der Waals surface area contributed by atoms with Crippen LogP contribution < -0.4 is 34.9 Å². The van der Waals surface area contributed by atoms with Crippen LogP contribution >= 0.6 is 0 Å². The van der Waals surface area contributed by atoms with Crippen LogP contribution in [-0.2, 0) is 0 Å². The first-order chi connectivity index (χ1) is 36.2. The molecule has 2 saturated carbocycles. The van der Waals surface area contributed by atoms with E-state index in [1.165, 1.54) is 38.0 Å². The van der Waals surface area contributed by atoms with Crippen LogP contribution in [0.2, 0.25) is 0 Å². The molecule has 4 aromatic heterocycles. The predicted octanol–water partition coefficient (Wildman–Crippen LogP) is 9.30. The summed E-state index contributed by atoms with van der Waals surface area (Å²) in [5.41, 5.74) is 4.30. The van der Waals surface area contributed by atoms with Crippen LogP contribution in [-0.4, -0.2) is 137 Å². The number of phenols is 2. The van der Waals surface area contributed by atoms with Gasteiger partial charge in [-0.2, -0.15) is 13.2 Å². The zero-order chi connectivity index (χ0) is 53.6. The number of ether oxygens (including phenoxy) is 4. The number of alkyl halides is 7. The number of aromatic hydroxyl groups is 2. The van der Waals surface area contributed by atoms with Gasteiger partial charge in [-0.25, -0.2) is 27.5 Å². The molecule has 0 bridgehead atoms. The zero-order valence-corrected chi connectivity index (χ0v) is 41.5. The summed E-state index contributed by atoms with van der Waals surface area (Å²) in [6.45, 7) is -2.17. The number of phenolic OH excluding ortho intramolecular Hbond substituents is 2. The van der Waals surface area contributed by atoms with Crippen LogP contribution in [0, 0.1) is 0 Å². The molecule has 10 rings (SSSR count). The lowest BCUT2D eigenvalue weighted by atomic mass is 10.0. The number of rotatable bonds is 15. The minimum atomic E-state index is -4.24. The average Bonchev–Trinajstić information content (AvgIpc) is 4.31. The third kappa shape index (κ3) is 15.1. The third-order valence-corrected chi connectivity index (χ3v) is 12.9. The molecule has 0 radical (unpaired) electrons. The Kier molecular flexibility index (Phi) is 19.3. The van der Waals surface area contributed by atoms with E-state index < -0.39 is 26.6 Å². The van der Waals surface area contributed by atoms with Crippen molar-refractivity contribution >= 4 is 23.1 Å². The Morgan fingerprint density at radius 2 is 1.16 bits per heavy atom. The van der Waals surface area contributed by atoms with Crippen molar-refractivity contribution in [1.82, 2.24) is 39.6 Å². The molecular weight excluding hydrogens is 998 g/mol. The van der Waals surface area contributed by atoms with Crippen molar-refractivity contribution in [3.63, 3.8) is 0 Å². The maximum atomic E-state index is 12.9. The van der Waals surface area contributed by atoms with Crippen LogP contribution in [0.15, 0.2) is 73.3 Å². The number of amides is 2. The largest absolute Gasteiger partial charge is 0.507 e. The molecule has 4 fully saturated rings. The number of imidazole rings is 2. The molecule has 2 aliphatic heterocycles. The van der Waals surface area contributed by atoms with Crippen molar-refractivity contribution in [2.45, 2.75) is 94.6 Å². The summed E-state index contributed by atoms with van der Waals surface area (Å²) in [5, 5.41) is 30.5. The Balaban J connectivity index is 0.000000200. The molecule has 2 aromatic carbocycles. The van der Waals surface area contributed by atoms with Gasteiger partial charge in [0.25, 0.3) is 11.8 Å². The summed E-state index contributed by atoms with van der Waals surface area (Å²) in [7, 11) is 2.93. The highest BCUT2D eigenvalue weighted by Gasteiger charge is 2.35. The number of piperidine rings is 2. The number of pyridine rings is 2. The second kappa shape index (κ2) is 26.0. The van der Waals surface area contributed by atoms with E-state index in [1.54, 1.807) is 53.3 Å². The van der Waals surface area contributed by atoms with Crippen molar-refractivity contribution in [3.8, 4) is 57.0 Å². The Morgan fingerprint density at radius 3 is 1.60 bits per heavy atom. The molecule has 2 unspecified atom stereocenters. The van der Waals surface area contributed by atoms with Gasteiger partial charge in [0.05, 0.1) is 44.5 Å². The number of halogens is 7. The lowest BCUT2D eigenvalue weighted by Crippen LogP contribution is -2.47. The number of hydrogen-bond donors (Lipinski definition) is 5. The van der Waals surface area contributed by atoms with E-state index >= 15 is 0 Å². The molecule has 6 heterocycles. The average molecular weight is 1060 g/mol. The number of nitrogens with zero attached hydrogens (tertiary/aromatic N) is 5. The molecule has 23 heteroatoms. The van der Waals surface area contributed by atoms with E-state index in [1.807, 2.05) is 22.7 Å². The minimum absolute atomic E-state index is 0.0879. The van der Waals surface area contributed by atoms with Crippen molar-refractivity contribution < 1.29 is 69.5 Å². The van der Waals surface area contributed by atoms with Crippen molar-refractivity contribution in [2.75, 3.05) is 60.9 Å². The SMILES string of the molecule is COc1cc(-c2cnc3cc(OCC4CCCCN4)ccn23)cc(O)c1C(=O)NC1CC1.COc1cc(-c2cnc3cc(OCC4CCCCN4CC(F)(F)F)ccn23)cc(O)c1C(=O)NC1CC1.FCF.FCF. The standard InChI is InChI=1S/C26H29F3N4O4.C24H28N4O4.2CH2F2/c1-36-22-11-16(10-21(34)24(22)25(35)31-17-5-6-17)20-13-30-23-12-19(7-9-33(20)23)37-14-18-4-2-3-8-32(18)15-26(27,28)29;1-31-21-11-15(10-20(29)23(21)24(30)27-16-5-6-16)19-13-26-22-12-18(7-9-28(19)22)32-14-17-4-2-3-8-25-17;2*2-1-3/h7,9-13,17-18,34H,2-6,8,14-15H2,1H3,(H,31,35);7,9-13,16-17,25,29H,2-6,8,14H2,1H3,(H,27,30);2*1H2. The normalized spacial score (nSPS) is 17.6. The van der Waals surface area contributed by atoms with E-state index in [0.717, 1.165) is 68.6 Å². The number of benzene rings is 2. The first-order valence-corrected chi connectivity index (χ1v) is 24.6. The molecule has 16 nitrogen and oxygen atoms in total. The summed E-state index contributed by atoms with van der Waals surface area (Å²) in [5.74, 6) is 0.845. The van der Waals surface area contributed by atoms with Crippen molar-refractivity contribution in [2.24, 2.45) is 0 Å².